The first-order valence-electron chi connectivity index (χ1n) is 10.2. The van der Waals surface area contributed by atoms with Crippen LogP contribution in [0.1, 0.15) is 50.6 Å². The number of rotatable bonds is 9. The van der Waals surface area contributed by atoms with Crippen LogP contribution in [-0.4, -0.2) is 66.6 Å². The van der Waals surface area contributed by atoms with Gasteiger partial charge in [0.25, 0.3) is 0 Å². The van der Waals surface area contributed by atoms with E-state index >= 15 is 0 Å². The van der Waals surface area contributed by atoms with Crippen molar-refractivity contribution in [1.29, 1.82) is 0 Å². The van der Waals surface area contributed by atoms with Crippen LogP contribution in [-0.2, 0) is 27.7 Å². The van der Waals surface area contributed by atoms with E-state index in [0.29, 0.717) is 25.6 Å². The highest BCUT2D eigenvalue weighted by Crippen LogP contribution is 2.30. The van der Waals surface area contributed by atoms with Crippen LogP contribution in [0.5, 0.6) is 0 Å². The second-order valence-electron chi connectivity index (χ2n) is 7.91. The number of hydrogen-bond donors (Lipinski definition) is 1. The lowest BCUT2D eigenvalue weighted by Crippen LogP contribution is -2.37. The topological polar surface area (TPSA) is 84.7 Å². The number of aliphatic hydroxyl groups excluding tert-OH is 1. The normalized spacial score (nSPS) is 22.5. The Morgan fingerprint density at radius 2 is 2.04 bits per heavy atom. The summed E-state index contributed by atoms with van der Waals surface area (Å²) in [4.78, 5) is 6.68. The van der Waals surface area contributed by atoms with Gasteiger partial charge in [-0.15, -0.1) is 0 Å². The third-order valence-electron chi connectivity index (χ3n) is 5.87. The van der Waals surface area contributed by atoms with Gasteiger partial charge in [-0.1, -0.05) is 12.8 Å². The number of sulfone groups is 1. The fourth-order valence-corrected chi connectivity index (χ4v) is 6.34. The minimum absolute atomic E-state index is 0.213. The Kier molecular flexibility index (Phi) is 7.30. The van der Waals surface area contributed by atoms with Gasteiger partial charge in [0.2, 0.25) is 15.0 Å². The van der Waals surface area contributed by atoms with Crippen molar-refractivity contribution in [2.45, 2.75) is 68.4 Å². The summed E-state index contributed by atoms with van der Waals surface area (Å²) in [6, 6.07) is 0. The standard InChI is InChI=1S/C19H33N3O4S/c1-26-11-5-10-22-17(14-21-9-4-6-16(13-21)15-23)12-20-19(22)27(24,25)18-7-2-3-8-18/h12,16,18,23H,2-11,13-15H2,1H3/t16-/m0/s1. The van der Waals surface area contributed by atoms with Crippen molar-refractivity contribution in [3.8, 4) is 0 Å². The van der Waals surface area contributed by atoms with Crippen LogP contribution in [0.25, 0.3) is 0 Å². The van der Waals surface area contributed by atoms with Crippen molar-refractivity contribution in [2.24, 2.45) is 5.92 Å². The summed E-state index contributed by atoms with van der Waals surface area (Å²) in [5.74, 6) is 0.310. The molecule has 2 heterocycles. The molecule has 1 saturated heterocycles. The first kappa shape index (κ1) is 20.8. The Bertz CT molecular complexity index is 698. The van der Waals surface area contributed by atoms with E-state index in [1.54, 1.807) is 13.3 Å². The Hall–Kier alpha value is -0.960. The van der Waals surface area contributed by atoms with E-state index in [9.17, 15) is 13.5 Å². The molecule has 0 radical (unpaired) electrons. The van der Waals surface area contributed by atoms with E-state index in [0.717, 1.165) is 63.7 Å². The summed E-state index contributed by atoms with van der Waals surface area (Å²) in [6.45, 7) is 3.91. The molecule has 27 heavy (non-hydrogen) atoms. The number of hydrogen-bond acceptors (Lipinski definition) is 6. The fraction of sp³-hybridized carbons (Fsp3) is 0.842. The van der Waals surface area contributed by atoms with Crippen LogP contribution in [0.4, 0.5) is 0 Å². The molecule has 1 aliphatic heterocycles. The predicted octanol–water partition coefficient (Wildman–Crippen LogP) is 1.84. The minimum atomic E-state index is -3.39. The monoisotopic (exact) mass is 399 g/mol. The van der Waals surface area contributed by atoms with E-state index in [-0.39, 0.29) is 17.0 Å². The van der Waals surface area contributed by atoms with Gasteiger partial charge in [-0.05, 0) is 44.6 Å². The summed E-state index contributed by atoms with van der Waals surface area (Å²) < 4.78 is 33.3. The number of ether oxygens (including phenoxy) is 1. The molecular weight excluding hydrogens is 366 g/mol. The SMILES string of the molecule is COCCCn1c(CN2CCC[C@H](CO)C2)cnc1S(=O)(=O)C1CCCC1. The quantitative estimate of drug-likeness (QED) is 0.638. The van der Waals surface area contributed by atoms with Gasteiger partial charge < -0.3 is 14.4 Å². The molecule has 1 aromatic rings. The average Bonchev–Trinajstić information content (AvgIpc) is 3.33. The minimum Gasteiger partial charge on any atom is -0.396 e. The Morgan fingerprint density at radius 1 is 1.26 bits per heavy atom. The summed E-state index contributed by atoms with van der Waals surface area (Å²) in [6.07, 6.45) is 8.07. The van der Waals surface area contributed by atoms with E-state index in [2.05, 4.69) is 9.88 Å². The summed E-state index contributed by atoms with van der Waals surface area (Å²) in [5, 5.41) is 9.41. The molecule has 7 nitrogen and oxygen atoms in total. The van der Waals surface area contributed by atoms with E-state index < -0.39 is 9.84 Å². The van der Waals surface area contributed by atoms with Gasteiger partial charge in [-0.25, -0.2) is 13.4 Å². The van der Waals surface area contributed by atoms with Gasteiger partial charge in [0.05, 0.1) is 17.1 Å². The van der Waals surface area contributed by atoms with Gasteiger partial charge in [-0.3, -0.25) is 4.90 Å². The highest BCUT2D eigenvalue weighted by atomic mass is 32.2. The van der Waals surface area contributed by atoms with Gasteiger partial charge in [0.1, 0.15) is 0 Å². The first-order chi connectivity index (χ1) is 13.1. The van der Waals surface area contributed by atoms with Crippen molar-refractivity contribution >= 4 is 9.84 Å². The molecule has 0 spiro atoms. The molecular formula is C19H33N3O4S. The Balaban J connectivity index is 1.81. The van der Waals surface area contributed by atoms with Gasteiger partial charge >= 0.3 is 0 Å². The number of aromatic nitrogens is 2. The molecule has 1 atom stereocenters. The third-order valence-corrected chi connectivity index (χ3v) is 8.06. The van der Waals surface area contributed by atoms with Crippen LogP contribution in [0.15, 0.2) is 11.4 Å². The van der Waals surface area contributed by atoms with Crippen molar-refractivity contribution in [3.63, 3.8) is 0 Å². The van der Waals surface area contributed by atoms with Crippen LogP contribution in [0.2, 0.25) is 0 Å². The molecule has 2 fully saturated rings. The molecule has 1 saturated carbocycles. The van der Waals surface area contributed by atoms with Gasteiger partial charge in [0.15, 0.2) is 0 Å². The van der Waals surface area contributed by atoms with Crippen LogP contribution in [0.3, 0.4) is 0 Å². The maximum absolute atomic E-state index is 13.1. The van der Waals surface area contributed by atoms with Crippen LogP contribution in [0, 0.1) is 5.92 Å². The second-order valence-corrected chi connectivity index (χ2v) is 10.0. The smallest absolute Gasteiger partial charge is 0.228 e. The van der Waals surface area contributed by atoms with Crippen LogP contribution < -0.4 is 0 Å². The lowest BCUT2D eigenvalue weighted by molar-refractivity contribution is 0.113. The lowest BCUT2D eigenvalue weighted by atomic mass is 9.99. The molecule has 0 bridgehead atoms. The maximum atomic E-state index is 13.1. The number of aliphatic hydroxyl groups is 1. The third kappa shape index (κ3) is 4.91. The predicted molar refractivity (Wildman–Crippen MR) is 103 cm³/mol. The van der Waals surface area contributed by atoms with E-state index in [1.807, 2.05) is 4.57 Å². The highest BCUT2D eigenvalue weighted by Gasteiger charge is 2.34. The molecule has 154 valence electrons. The highest BCUT2D eigenvalue weighted by molar-refractivity contribution is 7.91. The molecule has 8 heteroatoms. The maximum Gasteiger partial charge on any atom is 0.228 e. The molecule has 0 amide bonds. The molecule has 0 aromatic carbocycles. The van der Waals surface area contributed by atoms with E-state index in [1.165, 1.54) is 0 Å². The van der Waals surface area contributed by atoms with Crippen LogP contribution >= 0.6 is 0 Å². The largest absolute Gasteiger partial charge is 0.396 e. The lowest BCUT2D eigenvalue weighted by Gasteiger charge is -2.31. The number of imidazole rings is 1. The second kappa shape index (κ2) is 9.49. The average molecular weight is 400 g/mol. The molecule has 1 aromatic heterocycles. The van der Waals surface area contributed by atoms with Crippen molar-refractivity contribution in [1.82, 2.24) is 14.5 Å². The zero-order valence-corrected chi connectivity index (χ0v) is 17.2. The van der Waals surface area contributed by atoms with Crippen molar-refractivity contribution in [2.75, 3.05) is 33.4 Å². The summed E-state index contributed by atoms with van der Waals surface area (Å²) in [5.41, 5.74) is 0.946. The molecule has 0 unspecified atom stereocenters. The van der Waals surface area contributed by atoms with E-state index in [4.69, 9.17) is 4.74 Å². The zero-order valence-electron chi connectivity index (χ0n) is 16.3. The number of piperidine rings is 1. The zero-order chi connectivity index (χ0) is 19.3. The van der Waals surface area contributed by atoms with Gasteiger partial charge in [-0.2, -0.15) is 0 Å². The molecule has 1 aliphatic carbocycles. The number of nitrogens with zero attached hydrogens (tertiary/aromatic N) is 3. The Morgan fingerprint density at radius 3 is 2.74 bits per heavy atom. The van der Waals surface area contributed by atoms with Crippen molar-refractivity contribution < 1.29 is 18.3 Å². The fourth-order valence-electron chi connectivity index (χ4n) is 4.37. The number of methoxy groups -OCH3 is 1. The van der Waals surface area contributed by atoms with Crippen molar-refractivity contribution in [3.05, 3.63) is 11.9 Å². The Labute approximate surface area is 162 Å². The summed E-state index contributed by atoms with van der Waals surface area (Å²) in [7, 11) is -1.73. The molecule has 1 N–H and O–H groups in total. The molecule has 3 rings (SSSR count). The number of likely N-dealkylation sites (tertiary alicyclic amines) is 1. The van der Waals surface area contributed by atoms with Gasteiger partial charge in [0, 0.05) is 40.0 Å². The molecule has 2 aliphatic rings. The first-order valence-corrected chi connectivity index (χ1v) is 11.7. The summed E-state index contributed by atoms with van der Waals surface area (Å²) >= 11 is 0.